The van der Waals surface area contributed by atoms with Crippen LogP contribution in [0, 0.1) is 5.82 Å². The van der Waals surface area contributed by atoms with Crippen molar-refractivity contribution in [3.63, 3.8) is 0 Å². The van der Waals surface area contributed by atoms with Crippen LogP contribution >= 0.6 is 12.6 Å². The molecule has 1 fully saturated rings. The second kappa shape index (κ2) is 5.00. The van der Waals surface area contributed by atoms with E-state index in [-0.39, 0.29) is 5.82 Å². The zero-order valence-corrected chi connectivity index (χ0v) is 10.8. The number of nitrogens with two attached hydrogens (primary N) is 1. The highest BCUT2D eigenvalue weighted by Crippen LogP contribution is 2.26. The lowest BCUT2D eigenvalue weighted by Gasteiger charge is -2.19. The normalized spacial score (nSPS) is 17.2. The van der Waals surface area contributed by atoms with E-state index in [9.17, 15) is 4.39 Å². The molecule has 0 atom stereocenters. The summed E-state index contributed by atoms with van der Waals surface area (Å²) in [5.41, 5.74) is 7.73. The molecular weight excluding hydrogens is 235 g/mol. The van der Waals surface area contributed by atoms with Gasteiger partial charge in [-0.2, -0.15) is 0 Å². The molecule has 17 heavy (non-hydrogen) atoms. The molecule has 0 bridgehead atoms. The minimum Gasteiger partial charge on any atom is -0.398 e. The van der Waals surface area contributed by atoms with Gasteiger partial charge in [-0.15, -0.1) is 12.6 Å². The molecule has 1 aliphatic heterocycles. The van der Waals surface area contributed by atoms with Gasteiger partial charge in [-0.25, -0.2) is 4.39 Å². The van der Waals surface area contributed by atoms with E-state index in [0.29, 0.717) is 21.9 Å². The Balaban J connectivity index is 2.31. The van der Waals surface area contributed by atoms with Crippen LogP contribution in [0.5, 0.6) is 0 Å². The first-order valence-electron chi connectivity index (χ1n) is 5.80. The second-order valence-electron chi connectivity index (χ2n) is 4.36. The summed E-state index contributed by atoms with van der Waals surface area (Å²) in [6, 6.07) is 5.15. The number of allylic oxidation sites excluding steroid dienone is 1. The smallest absolute Gasteiger partial charge is 0.147 e. The fourth-order valence-corrected chi connectivity index (χ4v) is 2.23. The minimum atomic E-state index is -0.207. The van der Waals surface area contributed by atoms with E-state index in [0.717, 1.165) is 25.9 Å². The summed E-state index contributed by atoms with van der Waals surface area (Å²) in [5, 5.41) is 0. The van der Waals surface area contributed by atoms with Crippen molar-refractivity contribution in [2.45, 2.75) is 19.8 Å². The van der Waals surface area contributed by atoms with Crippen molar-refractivity contribution in [1.29, 1.82) is 0 Å². The fraction of sp³-hybridized carbons (Fsp3) is 0.385. The number of rotatable bonds is 2. The van der Waals surface area contributed by atoms with Crippen molar-refractivity contribution in [2.24, 2.45) is 5.73 Å². The first kappa shape index (κ1) is 12.3. The molecule has 0 aliphatic carbocycles. The average molecular weight is 252 g/mol. The minimum absolute atomic E-state index is 0.207. The molecule has 1 aromatic rings. The van der Waals surface area contributed by atoms with Crippen LogP contribution in [0.1, 0.15) is 25.3 Å². The largest absolute Gasteiger partial charge is 0.398 e. The highest BCUT2D eigenvalue weighted by Gasteiger charge is 2.16. The van der Waals surface area contributed by atoms with Crippen molar-refractivity contribution in [3.8, 4) is 0 Å². The van der Waals surface area contributed by atoms with Gasteiger partial charge in [-0.05, 0) is 31.9 Å². The van der Waals surface area contributed by atoms with Crippen LogP contribution in [0.2, 0.25) is 0 Å². The summed E-state index contributed by atoms with van der Waals surface area (Å²) >= 11 is 4.17. The zero-order chi connectivity index (χ0) is 12.4. The highest BCUT2D eigenvalue weighted by molar-refractivity contribution is 7.84. The summed E-state index contributed by atoms with van der Waals surface area (Å²) in [5.74, 6) is -0.207. The van der Waals surface area contributed by atoms with Gasteiger partial charge >= 0.3 is 0 Å². The maximum absolute atomic E-state index is 14.0. The molecule has 1 heterocycles. The van der Waals surface area contributed by atoms with Crippen LogP contribution in [0.15, 0.2) is 23.1 Å². The van der Waals surface area contributed by atoms with Crippen LogP contribution in [0.25, 0.3) is 5.70 Å². The summed E-state index contributed by atoms with van der Waals surface area (Å²) in [6.07, 6.45) is 2.28. The Kier molecular flexibility index (Phi) is 3.62. The van der Waals surface area contributed by atoms with Crippen molar-refractivity contribution in [1.82, 2.24) is 0 Å². The molecule has 0 unspecified atom stereocenters. The lowest BCUT2D eigenvalue weighted by Crippen LogP contribution is -2.19. The van der Waals surface area contributed by atoms with Crippen molar-refractivity contribution in [3.05, 3.63) is 34.5 Å². The number of halogens is 1. The fourth-order valence-electron chi connectivity index (χ4n) is 2.10. The van der Waals surface area contributed by atoms with Crippen LogP contribution in [-0.2, 0) is 0 Å². The average Bonchev–Trinajstić information content (AvgIpc) is 2.81. The predicted octanol–water partition coefficient (Wildman–Crippen LogP) is 3.00. The lowest BCUT2D eigenvalue weighted by molar-refractivity contribution is 0.622. The molecule has 92 valence electrons. The molecule has 0 spiro atoms. The maximum Gasteiger partial charge on any atom is 0.147 e. The van der Waals surface area contributed by atoms with E-state index in [2.05, 4.69) is 17.5 Å². The number of hydrogen-bond donors (Lipinski definition) is 2. The van der Waals surface area contributed by atoms with E-state index < -0.39 is 0 Å². The molecule has 2 rings (SSSR count). The Morgan fingerprint density at radius 1 is 1.35 bits per heavy atom. The molecule has 1 aliphatic rings. The van der Waals surface area contributed by atoms with E-state index in [1.165, 1.54) is 6.07 Å². The Morgan fingerprint density at radius 3 is 2.53 bits per heavy atom. The van der Waals surface area contributed by atoms with Gasteiger partial charge in [-0.1, -0.05) is 6.07 Å². The SMILES string of the molecule is C/C(S)=C(/N)c1ccc(N2CCCC2)c(F)c1. The van der Waals surface area contributed by atoms with E-state index in [1.54, 1.807) is 13.0 Å². The van der Waals surface area contributed by atoms with Gasteiger partial charge < -0.3 is 10.6 Å². The van der Waals surface area contributed by atoms with Gasteiger partial charge in [-0.3, -0.25) is 0 Å². The molecular formula is C13H17FN2S. The quantitative estimate of drug-likeness (QED) is 0.792. The van der Waals surface area contributed by atoms with E-state index >= 15 is 0 Å². The molecule has 1 saturated heterocycles. The second-order valence-corrected chi connectivity index (χ2v) is 5.03. The Hall–Kier alpha value is -1.16. The van der Waals surface area contributed by atoms with Crippen molar-refractivity contribution in [2.75, 3.05) is 18.0 Å². The third-order valence-electron chi connectivity index (χ3n) is 3.10. The Labute approximate surface area is 107 Å². The third-order valence-corrected chi connectivity index (χ3v) is 3.34. The number of benzene rings is 1. The number of thiol groups is 1. The first-order valence-corrected chi connectivity index (χ1v) is 6.24. The van der Waals surface area contributed by atoms with Crippen LogP contribution in [-0.4, -0.2) is 13.1 Å². The summed E-state index contributed by atoms with van der Waals surface area (Å²) in [7, 11) is 0. The Morgan fingerprint density at radius 2 is 2.00 bits per heavy atom. The molecule has 0 radical (unpaired) electrons. The van der Waals surface area contributed by atoms with Gasteiger partial charge in [0.15, 0.2) is 0 Å². The predicted molar refractivity (Wildman–Crippen MR) is 73.6 cm³/mol. The molecule has 4 heteroatoms. The van der Waals surface area contributed by atoms with Crippen LogP contribution < -0.4 is 10.6 Å². The molecule has 0 aromatic heterocycles. The summed E-state index contributed by atoms with van der Waals surface area (Å²) in [4.78, 5) is 2.78. The van der Waals surface area contributed by atoms with Gasteiger partial charge in [0.2, 0.25) is 0 Å². The third kappa shape index (κ3) is 2.57. The van der Waals surface area contributed by atoms with Crippen molar-refractivity contribution < 1.29 is 4.39 Å². The maximum atomic E-state index is 14.0. The zero-order valence-electron chi connectivity index (χ0n) is 9.91. The molecule has 2 N–H and O–H groups in total. The molecule has 2 nitrogen and oxygen atoms in total. The van der Waals surface area contributed by atoms with Gasteiger partial charge in [0.05, 0.1) is 5.69 Å². The molecule has 1 aromatic carbocycles. The molecule has 0 saturated carbocycles. The summed E-state index contributed by atoms with van der Waals surface area (Å²) in [6.45, 7) is 3.67. The topological polar surface area (TPSA) is 29.3 Å². The number of hydrogen-bond acceptors (Lipinski definition) is 3. The van der Waals surface area contributed by atoms with Gasteiger partial charge in [0.25, 0.3) is 0 Å². The van der Waals surface area contributed by atoms with Gasteiger partial charge in [0.1, 0.15) is 5.82 Å². The first-order chi connectivity index (χ1) is 8.09. The Bertz CT molecular complexity index is 447. The van der Waals surface area contributed by atoms with Crippen LogP contribution in [0.3, 0.4) is 0 Å². The van der Waals surface area contributed by atoms with E-state index in [1.807, 2.05) is 6.07 Å². The monoisotopic (exact) mass is 252 g/mol. The number of anilines is 1. The van der Waals surface area contributed by atoms with E-state index in [4.69, 9.17) is 5.73 Å². The number of nitrogens with zero attached hydrogens (tertiary/aromatic N) is 1. The van der Waals surface area contributed by atoms with Gasteiger partial charge in [0, 0.05) is 29.3 Å². The summed E-state index contributed by atoms with van der Waals surface area (Å²) < 4.78 is 14.0. The standard InChI is InChI=1S/C13H17FN2S/c1-9(17)13(15)10-4-5-12(11(14)8-10)16-6-2-3-7-16/h4-5,8,17H,2-3,6-7,15H2,1H3/b13-9-. The van der Waals surface area contributed by atoms with Crippen LogP contribution in [0.4, 0.5) is 10.1 Å². The highest BCUT2D eigenvalue weighted by atomic mass is 32.1. The molecule has 0 amide bonds. The van der Waals surface area contributed by atoms with Crippen molar-refractivity contribution >= 4 is 24.0 Å². The lowest BCUT2D eigenvalue weighted by atomic mass is 10.1.